The molecule has 10 heteroatoms. The fourth-order valence-electron chi connectivity index (χ4n) is 2.61. The van der Waals surface area contributed by atoms with E-state index in [-0.39, 0.29) is 11.3 Å². The summed E-state index contributed by atoms with van der Waals surface area (Å²) in [5.74, 6) is -7.02. The molecule has 0 saturated carbocycles. The largest absolute Gasteiger partial charge is 0.459 e. The predicted octanol–water partition coefficient (Wildman–Crippen LogP) is 4.44. The van der Waals surface area contributed by atoms with Gasteiger partial charge in [-0.3, -0.25) is 9.59 Å². The normalized spacial score (nSPS) is 11.5. The number of carbonyl (C=O) groups excluding carboxylic acids is 3. The van der Waals surface area contributed by atoms with Gasteiger partial charge in [0.2, 0.25) is 0 Å². The SMILES string of the molecule is Cc1ccc(C(=O)OC(C)C(=O)Nc2ccc(F)c(F)c2F)cc1NC(=O)c1ccco1. The van der Waals surface area contributed by atoms with Gasteiger partial charge in [-0.2, -0.15) is 0 Å². The number of amides is 2. The van der Waals surface area contributed by atoms with Crippen LogP contribution in [0.15, 0.2) is 53.1 Å². The average Bonchev–Trinajstić information content (AvgIpc) is 3.30. The summed E-state index contributed by atoms with van der Waals surface area (Å²) >= 11 is 0. The minimum Gasteiger partial charge on any atom is -0.459 e. The van der Waals surface area contributed by atoms with Crippen LogP contribution in [-0.2, 0) is 9.53 Å². The average molecular weight is 446 g/mol. The first-order valence-corrected chi connectivity index (χ1v) is 9.28. The lowest BCUT2D eigenvalue weighted by Crippen LogP contribution is -2.30. The summed E-state index contributed by atoms with van der Waals surface area (Å²) < 4.78 is 50.1. The van der Waals surface area contributed by atoms with Crippen LogP contribution in [0.25, 0.3) is 0 Å². The molecule has 0 saturated heterocycles. The van der Waals surface area contributed by atoms with Crippen LogP contribution in [0.4, 0.5) is 24.5 Å². The molecule has 2 amide bonds. The second-order valence-corrected chi connectivity index (χ2v) is 6.72. The quantitative estimate of drug-likeness (QED) is 0.431. The van der Waals surface area contributed by atoms with Crippen molar-refractivity contribution >= 4 is 29.2 Å². The maximum atomic E-state index is 13.7. The van der Waals surface area contributed by atoms with E-state index in [1.165, 1.54) is 31.4 Å². The molecule has 1 heterocycles. The number of hydrogen-bond donors (Lipinski definition) is 2. The Morgan fingerprint density at radius 1 is 0.969 bits per heavy atom. The van der Waals surface area contributed by atoms with E-state index in [1.54, 1.807) is 19.1 Å². The monoisotopic (exact) mass is 446 g/mol. The molecule has 0 bridgehead atoms. The number of carbonyl (C=O) groups is 3. The van der Waals surface area contributed by atoms with Crippen LogP contribution in [0.2, 0.25) is 0 Å². The van der Waals surface area contributed by atoms with Crippen LogP contribution < -0.4 is 10.6 Å². The molecule has 1 aromatic heterocycles. The first kappa shape index (κ1) is 22.6. The first-order chi connectivity index (χ1) is 15.2. The molecule has 32 heavy (non-hydrogen) atoms. The Hall–Kier alpha value is -4.08. The van der Waals surface area contributed by atoms with E-state index >= 15 is 0 Å². The van der Waals surface area contributed by atoms with E-state index in [0.717, 1.165) is 6.07 Å². The third kappa shape index (κ3) is 4.97. The van der Waals surface area contributed by atoms with Gasteiger partial charge < -0.3 is 19.8 Å². The van der Waals surface area contributed by atoms with E-state index < -0.39 is 47.0 Å². The van der Waals surface area contributed by atoms with Crippen molar-refractivity contribution < 1.29 is 36.7 Å². The molecular weight excluding hydrogens is 429 g/mol. The van der Waals surface area contributed by atoms with Gasteiger partial charge in [0.15, 0.2) is 29.3 Å². The minimum atomic E-state index is -1.74. The van der Waals surface area contributed by atoms with E-state index in [2.05, 4.69) is 5.32 Å². The highest BCUT2D eigenvalue weighted by molar-refractivity contribution is 6.03. The van der Waals surface area contributed by atoms with E-state index in [4.69, 9.17) is 9.15 Å². The minimum absolute atomic E-state index is 0.0315. The van der Waals surface area contributed by atoms with Gasteiger partial charge in [-0.1, -0.05) is 6.07 Å². The van der Waals surface area contributed by atoms with Gasteiger partial charge in [-0.05, 0) is 55.8 Å². The second-order valence-electron chi connectivity index (χ2n) is 6.72. The van der Waals surface area contributed by atoms with Gasteiger partial charge in [0.1, 0.15) is 0 Å². The predicted molar refractivity (Wildman–Crippen MR) is 108 cm³/mol. The number of benzene rings is 2. The Kier molecular flexibility index (Phi) is 6.62. The molecule has 0 aliphatic heterocycles. The lowest BCUT2D eigenvalue weighted by Gasteiger charge is -2.15. The zero-order chi connectivity index (χ0) is 23.4. The van der Waals surface area contributed by atoms with Crippen molar-refractivity contribution in [3.8, 4) is 0 Å². The summed E-state index contributed by atoms with van der Waals surface area (Å²) in [4.78, 5) is 36.8. The molecule has 0 fully saturated rings. The first-order valence-electron chi connectivity index (χ1n) is 9.28. The summed E-state index contributed by atoms with van der Waals surface area (Å²) in [5, 5.41) is 4.64. The van der Waals surface area contributed by atoms with Crippen molar-refractivity contribution in [2.45, 2.75) is 20.0 Å². The lowest BCUT2D eigenvalue weighted by atomic mass is 10.1. The van der Waals surface area contributed by atoms with Gasteiger partial charge in [0.05, 0.1) is 17.5 Å². The van der Waals surface area contributed by atoms with Crippen molar-refractivity contribution in [2.75, 3.05) is 10.6 Å². The Morgan fingerprint density at radius 2 is 1.72 bits per heavy atom. The van der Waals surface area contributed by atoms with Crippen LogP contribution >= 0.6 is 0 Å². The van der Waals surface area contributed by atoms with Crippen molar-refractivity contribution in [1.82, 2.24) is 0 Å². The third-order valence-corrected chi connectivity index (χ3v) is 4.41. The lowest BCUT2D eigenvalue weighted by molar-refractivity contribution is -0.123. The fourth-order valence-corrected chi connectivity index (χ4v) is 2.61. The number of nitrogens with one attached hydrogen (secondary N) is 2. The maximum Gasteiger partial charge on any atom is 0.338 e. The molecule has 3 aromatic rings. The molecule has 3 rings (SSSR count). The van der Waals surface area contributed by atoms with Crippen LogP contribution in [0.5, 0.6) is 0 Å². The highest BCUT2D eigenvalue weighted by Crippen LogP contribution is 2.21. The summed E-state index contributed by atoms with van der Waals surface area (Å²) in [7, 11) is 0. The standard InChI is InChI=1S/C22H17F3N2O5/c1-11-5-6-13(10-16(11)27-21(29)17-4-3-9-31-17)22(30)32-12(2)20(28)26-15-8-7-14(23)18(24)19(15)25/h3-10,12H,1-2H3,(H,26,28)(H,27,29). The van der Waals surface area contributed by atoms with Crippen LogP contribution in [0.3, 0.4) is 0 Å². The molecule has 2 N–H and O–H groups in total. The zero-order valence-corrected chi connectivity index (χ0v) is 16.9. The summed E-state index contributed by atoms with van der Waals surface area (Å²) in [6.45, 7) is 2.93. The number of rotatable bonds is 6. The van der Waals surface area contributed by atoms with Gasteiger partial charge in [-0.15, -0.1) is 0 Å². The van der Waals surface area contributed by atoms with E-state index in [1.807, 2.05) is 5.32 Å². The van der Waals surface area contributed by atoms with Gasteiger partial charge in [0.25, 0.3) is 11.8 Å². The second kappa shape index (κ2) is 9.38. The molecule has 0 aliphatic rings. The Labute approximate surface area is 180 Å². The van der Waals surface area contributed by atoms with E-state index in [9.17, 15) is 27.6 Å². The molecule has 0 radical (unpaired) electrons. The number of aryl methyl sites for hydroxylation is 1. The summed E-state index contributed by atoms with van der Waals surface area (Å²) in [6, 6.07) is 8.87. The highest BCUT2D eigenvalue weighted by Gasteiger charge is 2.22. The number of anilines is 2. The molecule has 1 unspecified atom stereocenters. The highest BCUT2D eigenvalue weighted by atomic mass is 19.2. The van der Waals surface area contributed by atoms with Crippen molar-refractivity contribution in [2.24, 2.45) is 0 Å². The van der Waals surface area contributed by atoms with Crippen molar-refractivity contribution in [3.63, 3.8) is 0 Å². The Morgan fingerprint density at radius 3 is 2.41 bits per heavy atom. The molecule has 1 atom stereocenters. The number of hydrogen-bond acceptors (Lipinski definition) is 5. The number of furan rings is 1. The molecule has 0 aliphatic carbocycles. The number of esters is 1. The third-order valence-electron chi connectivity index (χ3n) is 4.41. The Balaban J connectivity index is 1.68. The summed E-state index contributed by atoms with van der Waals surface area (Å²) in [6.07, 6.45) is -0.0498. The fraction of sp³-hybridized carbons (Fsp3) is 0.136. The van der Waals surface area contributed by atoms with E-state index in [0.29, 0.717) is 17.3 Å². The molecular formula is C22H17F3N2O5. The van der Waals surface area contributed by atoms with Crippen molar-refractivity contribution in [3.05, 3.63) is 83.1 Å². The smallest absolute Gasteiger partial charge is 0.338 e. The topological polar surface area (TPSA) is 97.6 Å². The molecule has 7 nitrogen and oxygen atoms in total. The molecule has 0 spiro atoms. The zero-order valence-electron chi connectivity index (χ0n) is 16.9. The van der Waals surface area contributed by atoms with Crippen LogP contribution in [0.1, 0.15) is 33.4 Å². The number of halogens is 3. The van der Waals surface area contributed by atoms with Gasteiger partial charge in [0, 0.05) is 5.69 Å². The van der Waals surface area contributed by atoms with Crippen LogP contribution in [0, 0.1) is 24.4 Å². The number of ether oxygens (including phenoxy) is 1. The van der Waals surface area contributed by atoms with Crippen LogP contribution in [-0.4, -0.2) is 23.9 Å². The van der Waals surface area contributed by atoms with Gasteiger partial charge in [-0.25, -0.2) is 18.0 Å². The summed E-state index contributed by atoms with van der Waals surface area (Å²) in [5.41, 5.74) is 0.405. The molecule has 166 valence electrons. The molecule has 2 aromatic carbocycles. The Bertz CT molecular complexity index is 1180. The van der Waals surface area contributed by atoms with Gasteiger partial charge >= 0.3 is 5.97 Å². The van der Waals surface area contributed by atoms with Crippen molar-refractivity contribution in [1.29, 1.82) is 0 Å². The maximum absolute atomic E-state index is 13.7.